The lowest BCUT2D eigenvalue weighted by Gasteiger charge is -2.14. The topological polar surface area (TPSA) is 38.3 Å². The summed E-state index contributed by atoms with van der Waals surface area (Å²) in [6.07, 6.45) is 2.00. The van der Waals surface area contributed by atoms with Crippen LogP contribution in [0.4, 0.5) is 0 Å². The lowest BCUT2D eigenvalue weighted by atomic mass is 10.1. The number of nitrogens with one attached hydrogen (secondary N) is 1. The van der Waals surface area contributed by atoms with Crippen molar-refractivity contribution in [2.75, 3.05) is 20.0 Å². The summed E-state index contributed by atoms with van der Waals surface area (Å²) in [7, 11) is 1.63. The number of amides is 1. The van der Waals surface area contributed by atoms with Gasteiger partial charge in [-0.2, -0.15) is 0 Å². The van der Waals surface area contributed by atoms with Crippen molar-refractivity contribution in [3.8, 4) is 0 Å². The zero-order valence-corrected chi connectivity index (χ0v) is 11.6. The third-order valence-electron chi connectivity index (χ3n) is 2.48. The molecule has 0 aromatic heterocycles. The molecule has 94 valence electrons. The summed E-state index contributed by atoms with van der Waals surface area (Å²) < 4.78 is 5.00. The fourth-order valence-corrected chi connectivity index (χ4v) is 2.01. The Kier molecular flexibility index (Phi) is 5.51. The molecular weight excluding hydrogens is 234 g/mol. The zero-order valence-electron chi connectivity index (χ0n) is 10.7. The first-order valence-electron chi connectivity index (χ1n) is 5.53. The Bertz CT molecular complexity index is 393. The Labute approximate surface area is 107 Å². The number of hydrogen-bond acceptors (Lipinski definition) is 3. The van der Waals surface area contributed by atoms with Gasteiger partial charge in [0.25, 0.3) is 5.91 Å². The summed E-state index contributed by atoms with van der Waals surface area (Å²) in [6, 6.07) is 5.94. The smallest absolute Gasteiger partial charge is 0.251 e. The quantitative estimate of drug-likeness (QED) is 0.819. The van der Waals surface area contributed by atoms with Crippen LogP contribution < -0.4 is 5.32 Å². The van der Waals surface area contributed by atoms with Crippen LogP contribution in [0.3, 0.4) is 0 Å². The van der Waals surface area contributed by atoms with Crippen LogP contribution >= 0.6 is 11.8 Å². The Morgan fingerprint density at radius 2 is 2.24 bits per heavy atom. The highest BCUT2D eigenvalue weighted by Crippen LogP contribution is 2.19. The second kappa shape index (κ2) is 6.67. The predicted octanol–water partition coefficient (Wildman–Crippen LogP) is 2.48. The fourth-order valence-electron chi connectivity index (χ4n) is 1.57. The van der Waals surface area contributed by atoms with Gasteiger partial charge in [-0.15, -0.1) is 11.8 Å². The van der Waals surface area contributed by atoms with E-state index in [-0.39, 0.29) is 11.9 Å². The maximum absolute atomic E-state index is 12.0. The van der Waals surface area contributed by atoms with Crippen LogP contribution in [0.25, 0.3) is 0 Å². The summed E-state index contributed by atoms with van der Waals surface area (Å²) in [6.45, 7) is 4.39. The summed E-state index contributed by atoms with van der Waals surface area (Å²) in [4.78, 5) is 13.1. The van der Waals surface area contributed by atoms with Crippen LogP contribution in [0.1, 0.15) is 22.8 Å². The van der Waals surface area contributed by atoms with Gasteiger partial charge >= 0.3 is 0 Å². The van der Waals surface area contributed by atoms with Gasteiger partial charge in [-0.3, -0.25) is 4.79 Å². The maximum atomic E-state index is 12.0. The van der Waals surface area contributed by atoms with E-state index in [1.54, 1.807) is 18.9 Å². The van der Waals surface area contributed by atoms with E-state index in [1.165, 1.54) is 0 Å². The van der Waals surface area contributed by atoms with E-state index in [0.29, 0.717) is 6.61 Å². The Balaban J connectivity index is 2.80. The van der Waals surface area contributed by atoms with Crippen molar-refractivity contribution in [3.63, 3.8) is 0 Å². The van der Waals surface area contributed by atoms with Gasteiger partial charge in [0.05, 0.1) is 6.61 Å². The molecule has 0 aliphatic rings. The molecule has 0 fully saturated rings. The molecule has 0 aliphatic heterocycles. The van der Waals surface area contributed by atoms with Gasteiger partial charge in [0.15, 0.2) is 0 Å². The SMILES string of the molecule is COCC(C)NC(=O)c1cc(SC)ccc1C. The van der Waals surface area contributed by atoms with Crippen LogP contribution in [-0.2, 0) is 4.74 Å². The van der Waals surface area contributed by atoms with E-state index in [4.69, 9.17) is 4.74 Å². The molecular formula is C13H19NO2S. The second-order valence-corrected chi connectivity index (χ2v) is 4.89. The summed E-state index contributed by atoms with van der Waals surface area (Å²) in [5.41, 5.74) is 1.73. The third kappa shape index (κ3) is 4.06. The van der Waals surface area contributed by atoms with Crippen LogP contribution in [0.2, 0.25) is 0 Å². The summed E-state index contributed by atoms with van der Waals surface area (Å²) in [5.74, 6) is -0.0389. The molecule has 1 amide bonds. The molecule has 0 bridgehead atoms. The summed E-state index contributed by atoms with van der Waals surface area (Å²) in [5, 5.41) is 2.92. The number of carbonyl (C=O) groups is 1. The molecule has 3 nitrogen and oxygen atoms in total. The predicted molar refractivity (Wildman–Crippen MR) is 71.8 cm³/mol. The second-order valence-electron chi connectivity index (χ2n) is 4.01. The van der Waals surface area contributed by atoms with E-state index in [0.717, 1.165) is 16.0 Å². The highest BCUT2D eigenvalue weighted by molar-refractivity contribution is 7.98. The number of aryl methyl sites for hydroxylation is 1. The molecule has 4 heteroatoms. The monoisotopic (exact) mass is 253 g/mol. The van der Waals surface area contributed by atoms with Gasteiger partial charge in [0.1, 0.15) is 0 Å². The van der Waals surface area contributed by atoms with Crippen LogP contribution in [0.5, 0.6) is 0 Å². The molecule has 1 unspecified atom stereocenters. The van der Waals surface area contributed by atoms with Crippen molar-refractivity contribution in [3.05, 3.63) is 29.3 Å². The van der Waals surface area contributed by atoms with E-state index in [9.17, 15) is 4.79 Å². The van der Waals surface area contributed by atoms with Crippen LogP contribution in [0.15, 0.2) is 23.1 Å². The molecule has 1 N–H and O–H groups in total. The Morgan fingerprint density at radius 3 is 2.82 bits per heavy atom. The molecule has 0 spiro atoms. The highest BCUT2D eigenvalue weighted by Gasteiger charge is 2.12. The molecule has 0 heterocycles. The van der Waals surface area contributed by atoms with Crippen LogP contribution in [-0.4, -0.2) is 31.9 Å². The minimum atomic E-state index is -0.0389. The molecule has 17 heavy (non-hydrogen) atoms. The number of carbonyl (C=O) groups excluding carboxylic acids is 1. The molecule has 0 saturated carbocycles. The molecule has 0 radical (unpaired) electrons. The number of rotatable bonds is 5. The van der Waals surface area contributed by atoms with Crippen molar-refractivity contribution < 1.29 is 9.53 Å². The third-order valence-corrected chi connectivity index (χ3v) is 3.21. The lowest BCUT2D eigenvalue weighted by Crippen LogP contribution is -2.35. The first-order valence-corrected chi connectivity index (χ1v) is 6.75. The van der Waals surface area contributed by atoms with Gasteiger partial charge in [-0.1, -0.05) is 6.07 Å². The molecule has 1 atom stereocenters. The zero-order chi connectivity index (χ0) is 12.8. The number of benzene rings is 1. The Morgan fingerprint density at radius 1 is 1.53 bits per heavy atom. The van der Waals surface area contributed by atoms with E-state index >= 15 is 0 Å². The maximum Gasteiger partial charge on any atom is 0.251 e. The number of hydrogen-bond donors (Lipinski definition) is 1. The van der Waals surface area contributed by atoms with Crippen molar-refractivity contribution in [2.45, 2.75) is 24.8 Å². The summed E-state index contributed by atoms with van der Waals surface area (Å²) >= 11 is 1.63. The normalized spacial score (nSPS) is 12.2. The minimum absolute atomic E-state index is 0.0184. The van der Waals surface area contributed by atoms with Gasteiger partial charge in [-0.05, 0) is 37.8 Å². The van der Waals surface area contributed by atoms with Gasteiger partial charge < -0.3 is 10.1 Å². The number of ether oxygens (including phenoxy) is 1. The van der Waals surface area contributed by atoms with E-state index in [2.05, 4.69) is 5.32 Å². The van der Waals surface area contributed by atoms with Crippen LogP contribution in [0, 0.1) is 6.92 Å². The molecule has 0 aliphatic carbocycles. The van der Waals surface area contributed by atoms with E-state index < -0.39 is 0 Å². The van der Waals surface area contributed by atoms with Crippen molar-refractivity contribution in [2.24, 2.45) is 0 Å². The lowest BCUT2D eigenvalue weighted by molar-refractivity contribution is 0.0904. The fraction of sp³-hybridized carbons (Fsp3) is 0.462. The first-order chi connectivity index (χ1) is 8.08. The molecule has 0 saturated heterocycles. The largest absolute Gasteiger partial charge is 0.383 e. The average Bonchev–Trinajstić information content (AvgIpc) is 2.29. The number of thioether (sulfide) groups is 1. The molecule has 1 aromatic carbocycles. The van der Waals surface area contributed by atoms with Crippen molar-refractivity contribution in [1.82, 2.24) is 5.32 Å². The highest BCUT2D eigenvalue weighted by atomic mass is 32.2. The van der Waals surface area contributed by atoms with Crippen molar-refractivity contribution >= 4 is 17.7 Å². The van der Waals surface area contributed by atoms with Gasteiger partial charge in [0, 0.05) is 23.6 Å². The molecule has 1 aromatic rings. The minimum Gasteiger partial charge on any atom is -0.383 e. The van der Waals surface area contributed by atoms with Gasteiger partial charge in [-0.25, -0.2) is 0 Å². The standard InChI is InChI=1S/C13H19NO2S/c1-9-5-6-11(17-4)7-12(9)13(15)14-10(2)8-16-3/h5-7,10H,8H2,1-4H3,(H,14,15). The first kappa shape index (κ1) is 14.1. The Hall–Kier alpha value is -1.00. The van der Waals surface area contributed by atoms with Gasteiger partial charge in [0.2, 0.25) is 0 Å². The van der Waals surface area contributed by atoms with Crippen molar-refractivity contribution in [1.29, 1.82) is 0 Å². The number of methoxy groups -OCH3 is 1. The van der Waals surface area contributed by atoms with E-state index in [1.807, 2.05) is 38.3 Å². The average molecular weight is 253 g/mol. The molecule has 1 rings (SSSR count).